The number of phenolic OH excluding ortho intramolecular Hbond substituents is 1. The van der Waals surface area contributed by atoms with Gasteiger partial charge in [0.05, 0.1) is 12.3 Å². The molecule has 4 aromatic carbocycles. The predicted octanol–water partition coefficient (Wildman–Crippen LogP) is 5.87. The number of nitrogens with zero attached hydrogens (tertiary/aromatic N) is 2. The summed E-state index contributed by atoms with van der Waals surface area (Å²) in [5, 5.41) is 23.2. The number of esters is 1. The molecule has 176 valence electrons. The van der Waals surface area contributed by atoms with Gasteiger partial charge >= 0.3 is 5.97 Å². The van der Waals surface area contributed by atoms with Gasteiger partial charge in [-0.3, -0.25) is 4.79 Å². The summed E-state index contributed by atoms with van der Waals surface area (Å²) >= 11 is 0. The fraction of sp³-hybridized carbons (Fsp3) is 0.143. The molecule has 0 bridgehead atoms. The van der Waals surface area contributed by atoms with Crippen LogP contribution in [-0.4, -0.2) is 29.6 Å². The van der Waals surface area contributed by atoms with Crippen LogP contribution in [0.1, 0.15) is 22.8 Å². The molecule has 1 amide bonds. The van der Waals surface area contributed by atoms with Crippen LogP contribution in [0, 0.1) is 0 Å². The number of fused-ring (bicyclic) bond motifs is 1. The molecule has 0 spiro atoms. The van der Waals surface area contributed by atoms with Crippen LogP contribution in [0.5, 0.6) is 5.75 Å². The number of carbonyl (C=O) groups is 2. The van der Waals surface area contributed by atoms with E-state index in [9.17, 15) is 14.7 Å². The van der Waals surface area contributed by atoms with Gasteiger partial charge in [0.25, 0.3) is 5.91 Å². The summed E-state index contributed by atoms with van der Waals surface area (Å²) in [6.45, 7) is 1.94. The Morgan fingerprint density at radius 1 is 0.914 bits per heavy atom. The molecular formula is C28H25N3O4. The van der Waals surface area contributed by atoms with Crippen molar-refractivity contribution in [2.75, 3.05) is 6.61 Å². The fourth-order valence-corrected chi connectivity index (χ4v) is 3.69. The maximum absolute atomic E-state index is 13.0. The van der Waals surface area contributed by atoms with Crippen LogP contribution in [-0.2, 0) is 16.0 Å². The Morgan fingerprint density at radius 3 is 2.49 bits per heavy atom. The van der Waals surface area contributed by atoms with Crippen molar-refractivity contribution >= 4 is 34.0 Å². The second-order valence-corrected chi connectivity index (χ2v) is 7.87. The molecule has 0 fully saturated rings. The van der Waals surface area contributed by atoms with E-state index in [4.69, 9.17) is 4.74 Å². The molecule has 1 atom stereocenters. The first-order chi connectivity index (χ1) is 17.0. The Morgan fingerprint density at radius 2 is 1.69 bits per heavy atom. The smallest absolute Gasteiger partial charge is 0.328 e. The Kier molecular flexibility index (Phi) is 7.47. The highest BCUT2D eigenvalue weighted by Crippen LogP contribution is 2.36. The van der Waals surface area contributed by atoms with Crippen molar-refractivity contribution < 1.29 is 19.4 Å². The normalized spacial score (nSPS) is 11.9. The monoisotopic (exact) mass is 467 g/mol. The van der Waals surface area contributed by atoms with E-state index in [1.165, 1.54) is 0 Å². The third-order valence-corrected chi connectivity index (χ3v) is 5.41. The SMILES string of the molecule is CCOC(=O)[C@H](Cc1ccccc1)NC(=O)c1cccc(N=Nc2c(O)ccc3ccccc23)c1. The zero-order valence-corrected chi connectivity index (χ0v) is 19.2. The zero-order valence-electron chi connectivity index (χ0n) is 19.2. The first-order valence-corrected chi connectivity index (χ1v) is 11.3. The fourth-order valence-electron chi connectivity index (χ4n) is 3.69. The van der Waals surface area contributed by atoms with Crippen LogP contribution < -0.4 is 5.32 Å². The molecule has 0 aromatic heterocycles. The maximum Gasteiger partial charge on any atom is 0.328 e. The molecule has 0 heterocycles. The summed E-state index contributed by atoms with van der Waals surface area (Å²) in [5.41, 5.74) is 2.01. The Labute approximate surface area is 203 Å². The number of azo groups is 1. The van der Waals surface area contributed by atoms with Gasteiger partial charge in [-0.25, -0.2) is 4.79 Å². The lowest BCUT2D eigenvalue weighted by Crippen LogP contribution is -2.43. The van der Waals surface area contributed by atoms with Crippen molar-refractivity contribution in [1.82, 2.24) is 5.32 Å². The van der Waals surface area contributed by atoms with Gasteiger partial charge in [-0.1, -0.05) is 66.7 Å². The molecule has 4 rings (SSSR count). The highest BCUT2D eigenvalue weighted by Gasteiger charge is 2.23. The van der Waals surface area contributed by atoms with Crippen LogP contribution in [0.4, 0.5) is 11.4 Å². The molecule has 0 aliphatic rings. The number of nitrogens with one attached hydrogen (secondary N) is 1. The molecule has 0 aliphatic heterocycles. The molecule has 0 radical (unpaired) electrons. The van der Waals surface area contributed by atoms with E-state index < -0.39 is 17.9 Å². The Hall–Kier alpha value is -4.52. The molecule has 7 heteroatoms. The van der Waals surface area contributed by atoms with Crippen molar-refractivity contribution in [2.45, 2.75) is 19.4 Å². The number of aromatic hydroxyl groups is 1. The predicted molar refractivity (Wildman–Crippen MR) is 134 cm³/mol. The standard InChI is InChI=1S/C28H25N3O4/c1-2-35-28(34)24(17-19-9-4-3-5-10-19)29-27(33)21-12-8-13-22(18-21)30-31-26-23-14-7-6-11-20(23)15-16-25(26)32/h3-16,18,24,32H,2,17H2,1H3,(H,29,33)/t24-/m0/s1. The summed E-state index contributed by atoms with van der Waals surface area (Å²) in [5.74, 6) is -0.907. The maximum atomic E-state index is 13.0. The van der Waals surface area contributed by atoms with Gasteiger partial charge in [0.2, 0.25) is 0 Å². The minimum atomic E-state index is -0.831. The molecule has 0 aliphatic carbocycles. The first kappa shape index (κ1) is 23.6. The van der Waals surface area contributed by atoms with Gasteiger partial charge < -0.3 is 15.2 Å². The number of benzene rings is 4. The number of carbonyl (C=O) groups excluding carboxylic acids is 2. The van der Waals surface area contributed by atoms with Crippen molar-refractivity contribution in [3.05, 3.63) is 102 Å². The third-order valence-electron chi connectivity index (χ3n) is 5.41. The molecule has 2 N–H and O–H groups in total. The molecule has 0 saturated carbocycles. The second kappa shape index (κ2) is 11.1. The minimum absolute atomic E-state index is 0.0135. The van der Waals surface area contributed by atoms with Crippen LogP contribution >= 0.6 is 0 Å². The summed E-state index contributed by atoms with van der Waals surface area (Å²) in [7, 11) is 0. The highest BCUT2D eigenvalue weighted by atomic mass is 16.5. The van der Waals surface area contributed by atoms with E-state index in [-0.39, 0.29) is 12.4 Å². The summed E-state index contributed by atoms with van der Waals surface area (Å²) in [4.78, 5) is 25.5. The Balaban J connectivity index is 1.54. The molecule has 0 saturated heterocycles. The summed E-state index contributed by atoms with van der Waals surface area (Å²) in [6, 6.07) is 26.1. The topological polar surface area (TPSA) is 100 Å². The van der Waals surface area contributed by atoms with Crippen molar-refractivity contribution in [1.29, 1.82) is 0 Å². The number of hydrogen-bond donors (Lipinski definition) is 2. The quantitative estimate of drug-likeness (QED) is 0.250. The van der Waals surface area contributed by atoms with E-state index in [1.54, 1.807) is 37.3 Å². The van der Waals surface area contributed by atoms with Crippen molar-refractivity contribution in [3.8, 4) is 5.75 Å². The van der Waals surface area contributed by atoms with Crippen LogP contribution in [0.25, 0.3) is 10.8 Å². The number of ether oxygens (including phenoxy) is 1. The van der Waals surface area contributed by atoms with Crippen LogP contribution in [0.15, 0.2) is 101 Å². The van der Waals surface area contributed by atoms with Gasteiger partial charge in [0.1, 0.15) is 17.5 Å². The number of hydrogen-bond acceptors (Lipinski definition) is 6. The van der Waals surface area contributed by atoms with Gasteiger partial charge in [-0.05, 0) is 42.1 Å². The number of amides is 1. The average Bonchev–Trinajstić information content (AvgIpc) is 2.88. The molecule has 0 unspecified atom stereocenters. The minimum Gasteiger partial charge on any atom is -0.506 e. The summed E-state index contributed by atoms with van der Waals surface area (Å²) < 4.78 is 5.16. The van der Waals surface area contributed by atoms with Gasteiger partial charge in [-0.15, -0.1) is 5.11 Å². The van der Waals surface area contributed by atoms with Gasteiger partial charge in [0, 0.05) is 17.4 Å². The molecular weight excluding hydrogens is 442 g/mol. The third kappa shape index (κ3) is 5.89. The molecule has 35 heavy (non-hydrogen) atoms. The van der Waals surface area contributed by atoms with Crippen LogP contribution in [0.3, 0.4) is 0 Å². The van der Waals surface area contributed by atoms with E-state index >= 15 is 0 Å². The van der Waals surface area contributed by atoms with E-state index in [0.29, 0.717) is 23.4 Å². The first-order valence-electron chi connectivity index (χ1n) is 11.3. The van der Waals surface area contributed by atoms with Crippen LogP contribution in [0.2, 0.25) is 0 Å². The Bertz CT molecular complexity index is 1370. The number of rotatable bonds is 8. The molecule has 4 aromatic rings. The summed E-state index contributed by atoms with van der Waals surface area (Å²) in [6.07, 6.45) is 0.311. The van der Waals surface area contributed by atoms with E-state index in [0.717, 1.165) is 16.3 Å². The van der Waals surface area contributed by atoms with E-state index in [2.05, 4.69) is 15.5 Å². The van der Waals surface area contributed by atoms with Gasteiger partial charge in [-0.2, -0.15) is 5.11 Å². The largest absolute Gasteiger partial charge is 0.506 e. The van der Waals surface area contributed by atoms with Gasteiger partial charge in [0.15, 0.2) is 0 Å². The highest BCUT2D eigenvalue weighted by molar-refractivity contribution is 5.97. The molecule has 7 nitrogen and oxygen atoms in total. The average molecular weight is 468 g/mol. The number of phenols is 1. The second-order valence-electron chi connectivity index (χ2n) is 7.87. The lowest BCUT2D eigenvalue weighted by Gasteiger charge is -2.17. The lowest BCUT2D eigenvalue weighted by molar-refractivity contribution is -0.145. The lowest BCUT2D eigenvalue weighted by atomic mass is 10.1. The van der Waals surface area contributed by atoms with Crippen molar-refractivity contribution in [3.63, 3.8) is 0 Å². The van der Waals surface area contributed by atoms with Crippen molar-refractivity contribution in [2.24, 2.45) is 10.2 Å². The van der Waals surface area contributed by atoms with E-state index in [1.807, 2.05) is 60.7 Å². The zero-order chi connectivity index (χ0) is 24.6.